The van der Waals surface area contributed by atoms with Crippen LogP contribution in [0.15, 0.2) is 52.4 Å². The first kappa shape index (κ1) is 23.7. The maximum absolute atomic E-state index is 11.7. The number of nitrogens with zero attached hydrogens (tertiary/aromatic N) is 1. The highest BCUT2D eigenvalue weighted by atomic mass is 32.2. The monoisotopic (exact) mass is 433 g/mol. The van der Waals surface area contributed by atoms with Gasteiger partial charge >= 0.3 is 0 Å². The number of aliphatic hydroxyl groups is 1. The summed E-state index contributed by atoms with van der Waals surface area (Å²) in [5, 5.41) is 16.4. The van der Waals surface area contributed by atoms with Crippen molar-refractivity contribution in [1.29, 1.82) is 0 Å². The fourth-order valence-corrected chi connectivity index (χ4v) is 3.87. The Morgan fingerprint density at radius 1 is 1.17 bits per heavy atom. The number of aryl methyl sites for hydroxylation is 2. The Balaban J connectivity index is 1.91. The molecule has 0 spiro atoms. The highest BCUT2D eigenvalue weighted by molar-refractivity contribution is 7.90. The minimum absolute atomic E-state index is 0.169. The van der Waals surface area contributed by atoms with E-state index in [0.717, 1.165) is 16.9 Å². The van der Waals surface area contributed by atoms with Gasteiger partial charge in [0.05, 0.1) is 11.4 Å². The molecule has 1 unspecified atom stereocenters. The lowest BCUT2D eigenvalue weighted by Gasteiger charge is -2.16. The van der Waals surface area contributed by atoms with Gasteiger partial charge in [-0.3, -0.25) is 0 Å². The quantitative estimate of drug-likeness (QED) is 0.414. The molecule has 0 aliphatic heterocycles. The summed E-state index contributed by atoms with van der Waals surface area (Å²) in [6.07, 6.45) is 0.500. The molecule has 0 saturated carbocycles. The smallest absolute Gasteiger partial charge is 0.191 e. The fourth-order valence-electron chi connectivity index (χ4n) is 2.91. The number of nitrogens with one attached hydrogen (secondary N) is 2. The van der Waals surface area contributed by atoms with E-state index >= 15 is 0 Å². The largest absolute Gasteiger partial charge is 0.491 e. The molecule has 8 heteroatoms. The van der Waals surface area contributed by atoms with Gasteiger partial charge in [0.1, 0.15) is 18.5 Å². The molecule has 2 aromatic rings. The van der Waals surface area contributed by atoms with E-state index in [9.17, 15) is 13.5 Å². The van der Waals surface area contributed by atoms with Crippen LogP contribution < -0.4 is 15.4 Å². The number of aliphatic hydroxyl groups excluding tert-OH is 1. The molecule has 2 rings (SSSR count). The summed E-state index contributed by atoms with van der Waals surface area (Å²) >= 11 is 0. The Labute approximate surface area is 179 Å². The Kier molecular flexibility index (Phi) is 8.68. The number of benzene rings is 2. The average molecular weight is 434 g/mol. The lowest BCUT2D eigenvalue weighted by atomic mass is 10.1. The zero-order valence-electron chi connectivity index (χ0n) is 18.0. The number of sulfone groups is 1. The van der Waals surface area contributed by atoms with E-state index in [1.807, 2.05) is 44.2 Å². The lowest BCUT2D eigenvalue weighted by molar-refractivity contribution is 0.110. The third kappa shape index (κ3) is 7.68. The first-order valence-electron chi connectivity index (χ1n) is 9.88. The van der Waals surface area contributed by atoms with E-state index in [-0.39, 0.29) is 13.2 Å². The van der Waals surface area contributed by atoms with Crippen LogP contribution in [0.2, 0.25) is 0 Å². The van der Waals surface area contributed by atoms with Crippen LogP contribution in [0.5, 0.6) is 5.75 Å². The van der Waals surface area contributed by atoms with E-state index in [4.69, 9.17) is 4.74 Å². The second kappa shape index (κ2) is 11.0. The molecule has 0 bridgehead atoms. The van der Waals surface area contributed by atoms with Crippen molar-refractivity contribution in [3.63, 3.8) is 0 Å². The number of hydrogen-bond donors (Lipinski definition) is 3. The van der Waals surface area contributed by atoms with Crippen LogP contribution in [0.1, 0.15) is 23.6 Å². The third-order valence-electron chi connectivity index (χ3n) is 4.34. The minimum Gasteiger partial charge on any atom is -0.491 e. The summed E-state index contributed by atoms with van der Waals surface area (Å²) in [4.78, 5) is 4.84. The van der Waals surface area contributed by atoms with Gasteiger partial charge < -0.3 is 20.5 Å². The lowest BCUT2D eigenvalue weighted by Crippen LogP contribution is -2.42. The topological polar surface area (TPSA) is 100 Å². The Morgan fingerprint density at radius 2 is 1.93 bits per heavy atom. The second-order valence-electron chi connectivity index (χ2n) is 7.23. The van der Waals surface area contributed by atoms with Gasteiger partial charge in [0.15, 0.2) is 15.8 Å². The molecule has 1 atom stereocenters. The molecule has 0 fully saturated rings. The fraction of sp³-hybridized carbons (Fsp3) is 0.409. The van der Waals surface area contributed by atoms with Crippen molar-refractivity contribution in [2.24, 2.45) is 4.99 Å². The summed E-state index contributed by atoms with van der Waals surface area (Å²) in [5.41, 5.74) is 2.70. The van der Waals surface area contributed by atoms with Crippen LogP contribution in [0.4, 0.5) is 0 Å². The number of aliphatic imine (C=N–C) groups is 1. The second-order valence-corrected chi connectivity index (χ2v) is 9.21. The number of hydrogen-bond acceptors (Lipinski definition) is 5. The van der Waals surface area contributed by atoms with E-state index in [1.54, 1.807) is 19.1 Å². The first-order chi connectivity index (χ1) is 14.2. The van der Waals surface area contributed by atoms with Gasteiger partial charge in [0.2, 0.25) is 0 Å². The summed E-state index contributed by atoms with van der Waals surface area (Å²) in [6.45, 7) is 7.23. The molecular formula is C22H31N3O4S. The van der Waals surface area contributed by atoms with Crippen molar-refractivity contribution in [3.8, 4) is 5.75 Å². The highest BCUT2D eigenvalue weighted by Gasteiger charge is 2.11. The molecular weight excluding hydrogens is 402 g/mol. The Hall–Kier alpha value is -2.58. The van der Waals surface area contributed by atoms with Crippen LogP contribution in [0, 0.1) is 13.8 Å². The molecule has 0 aromatic heterocycles. The average Bonchev–Trinajstić information content (AvgIpc) is 2.67. The van der Waals surface area contributed by atoms with Gasteiger partial charge in [-0.05, 0) is 55.7 Å². The first-order valence-corrected chi connectivity index (χ1v) is 11.8. The molecule has 3 N–H and O–H groups in total. The summed E-state index contributed by atoms with van der Waals surface area (Å²) in [7, 11) is -3.24. The Bertz CT molecular complexity index is 974. The zero-order valence-corrected chi connectivity index (χ0v) is 18.8. The van der Waals surface area contributed by atoms with Gasteiger partial charge in [0, 0.05) is 19.3 Å². The summed E-state index contributed by atoms with van der Waals surface area (Å²) in [6, 6.07) is 12.9. The van der Waals surface area contributed by atoms with Gasteiger partial charge in [-0.25, -0.2) is 13.4 Å². The van der Waals surface area contributed by atoms with Crippen LogP contribution in [0.25, 0.3) is 0 Å². The predicted molar refractivity (Wildman–Crippen MR) is 120 cm³/mol. The maximum Gasteiger partial charge on any atom is 0.191 e. The summed E-state index contributed by atoms with van der Waals surface area (Å²) in [5.74, 6) is 1.29. The van der Waals surface area contributed by atoms with Gasteiger partial charge in [-0.1, -0.05) is 24.3 Å². The molecule has 0 heterocycles. The van der Waals surface area contributed by atoms with Crippen molar-refractivity contribution >= 4 is 15.8 Å². The van der Waals surface area contributed by atoms with Crippen LogP contribution >= 0.6 is 0 Å². The predicted octanol–water partition coefficient (Wildman–Crippen LogP) is 2.20. The zero-order chi connectivity index (χ0) is 22.1. The molecule has 164 valence electrons. The molecule has 0 saturated heterocycles. The van der Waals surface area contributed by atoms with Crippen molar-refractivity contribution in [2.45, 2.75) is 38.3 Å². The SMILES string of the molecule is CCNC(=NCc1ccc(S(C)(=O)=O)c(C)c1)NCC(O)COc1cccc(C)c1. The van der Waals surface area contributed by atoms with E-state index in [0.29, 0.717) is 29.5 Å². The highest BCUT2D eigenvalue weighted by Crippen LogP contribution is 2.17. The molecule has 0 aliphatic rings. The molecule has 7 nitrogen and oxygen atoms in total. The van der Waals surface area contributed by atoms with Crippen molar-refractivity contribution in [3.05, 3.63) is 59.2 Å². The third-order valence-corrected chi connectivity index (χ3v) is 5.60. The van der Waals surface area contributed by atoms with Crippen LogP contribution in [-0.2, 0) is 16.4 Å². The molecule has 0 aliphatic carbocycles. The van der Waals surface area contributed by atoms with Crippen molar-refractivity contribution in [2.75, 3.05) is 26.0 Å². The number of rotatable bonds is 9. The van der Waals surface area contributed by atoms with Gasteiger partial charge in [-0.2, -0.15) is 0 Å². The number of guanidine groups is 1. The molecule has 2 aromatic carbocycles. The molecule has 30 heavy (non-hydrogen) atoms. The van der Waals surface area contributed by atoms with Crippen LogP contribution in [0.3, 0.4) is 0 Å². The Morgan fingerprint density at radius 3 is 2.57 bits per heavy atom. The van der Waals surface area contributed by atoms with Gasteiger partial charge in [-0.15, -0.1) is 0 Å². The minimum atomic E-state index is -3.24. The van der Waals surface area contributed by atoms with Gasteiger partial charge in [0.25, 0.3) is 0 Å². The normalized spacial score (nSPS) is 13.0. The summed E-state index contributed by atoms with van der Waals surface area (Å²) < 4.78 is 29.1. The maximum atomic E-state index is 11.7. The molecule has 0 radical (unpaired) electrons. The standard InChI is InChI=1S/C22H31N3O4S/c1-5-23-22(24-13-18-9-10-21(17(3)12-18)30(4,27)28)25-14-19(26)15-29-20-8-6-7-16(2)11-20/h6-12,19,26H,5,13-15H2,1-4H3,(H2,23,24,25). The van der Waals surface area contributed by atoms with E-state index in [1.165, 1.54) is 6.26 Å². The van der Waals surface area contributed by atoms with Crippen LogP contribution in [-0.4, -0.2) is 51.5 Å². The van der Waals surface area contributed by atoms with E-state index < -0.39 is 15.9 Å². The molecule has 0 amide bonds. The van der Waals surface area contributed by atoms with Crippen molar-refractivity contribution < 1.29 is 18.3 Å². The van der Waals surface area contributed by atoms with Crippen molar-refractivity contribution in [1.82, 2.24) is 10.6 Å². The van der Waals surface area contributed by atoms with E-state index in [2.05, 4.69) is 15.6 Å². The number of ether oxygens (including phenoxy) is 1.